The number of aromatic nitrogens is 1. The number of hydrogen-bond acceptors (Lipinski definition) is 5. The molecule has 5 nitrogen and oxygen atoms in total. The van der Waals surface area contributed by atoms with Gasteiger partial charge in [0, 0.05) is 41.1 Å². The van der Waals surface area contributed by atoms with Crippen LogP contribution in [0.4, 0.5) is 5.82 Å². The first-order valence-corrected chi connectivity index (χ1v) is 10.3. The van der Waals surface area contributed by atoms with Crippen molar-refractivity contribution in [2.75, 3.05) is 5.32 Å². The predicted octanol–water partition coefficient (Wildman–Crippen LogP) is 4.39. The summed E-state index contributed by atoms with van der Waals surface area (Å²) in [6, 6.07) is 7.38. The molecule has 6 heteroatoms. The van der Waals surface area contributed by atoms with Gasteiger partial charge in [0.1, 0.15) is 5.82 Å². The zero-order valence-corrected chi connectivity index (χ0v) is 17.0. The van der Waals surface area contributed by atoms with Crippen molar-refractivity contribution in [3.63, 3.8) is 0 Å². The molecular formula is C22H23N3O2S. The third-order valence-electron chi connectivity index (χ3n) is 5.27. The number of allylic oxidation sites excluding steroid dienone is 3. The van der Waals surface area contributed by atoms with E-state index in [2.05, 4.69) is 29.5 Å². The van der Waals surface area contributed by atoms with Crippen LogP contribution in [0.5, 0.6) is 0 Å². The molecule has 0 fully saturated rings. The topological polar surface area (TPSA) is 71.1 Å². The molecule has 0 spiro atoms. The highest BCUT2D eigenvalue weighted by atomic mass is 32.1. The Labute approximate surface area is 168 Å². The van der Waals surface area contributed by atoms with E-state index in [-0.39, 0.29) is 23.0 Å². The van der Waals surface area contributed by atoms with Crippen LogP contribution < -0.4 is 10.6 Å². The molecular weight excluding hydrogens is 370 g/mol. The number of amides is 1. The second kappa shape index (κ2) is 7.02. The minimum Gasteiger partial charge on any atom is -0.362 e. The first-order chi connectivity index (χ1) is 13.4. The Morgan fingerprint density at radius 3 is 2.79 bits per heavy atom. The molecule has 2 aromatic rings. The number of Topliss-reactive ketones (excluding diaryl/α,β-unsaturated/α-hetero) is 1. The molecule has 0 bridgehead atoms. The van der Waals surface area contributed by atoms with Crippen molar-refractivity contribution in [2.45, 2.75) is 39.5 Å². The van der Waals surface area contributed by atoms with Gasteiger partial charge < -0.3 is 10.6 Å². The number of pyridine rings is 1. The number of anilines is 1. The number of hydrogen-bond donors (Lipinski definition) is 2. The van der Waals surface area contributed by atoms with Gasteiger partial charge in [0.2, 0.25) is 0 Å². The summed E-state index contributed by atoms with van der Waals surface area (Å²) in [6.45, 7) is 6.12. The van der Waals surface area contributed by atoms with Crippen LogP contribution in [0.3, 0.4) is 0 Å². The van der Waals surface area contributed by atoms with Crippen LogP contribution >= 0.6 is 11.3 Å². The average Bonchev–Trinajstić information content (AvgIpc) is 3.14. The van der Waals surface area contributed by atoms with E-state index in [0.717, 1.165) is 29.0 Å². The lowest BCUT2D eigenvalue weighted by molar-refractivity contribution is -0.118. The maximum atomic E-state index is 13.2. The zero-order valence-electron chi connectivity index (χ0n) is 16.2. The zero-order chi connectivity index (χ0) is 19.9. The lowest BCUT2D eigenvalue weighted by atomic mass is 9.69. The van der Waals surface area contributed by atoms with Crippen LogP contribution in [0.1, 0.15) is 45.1 Å². The molecule has 1 amide bonds. The summed E-state index contributed by atoms with van der Waals surface area (Å²) < 4.78 is 0. The number of rotatable bonds is 3. The first-order valence-electron chi connectivity index (χ1n) is 9.34. The van der Waals surface area contributed by atoms with Gasteiger partial charge in [-0.3, -0.25) is 9.59 Å². The Hall–Kier alpha value is -2.73. The molecule has 28 heavy (non-hydrogen) atoms. The summed E-state index contributed by atoms with van der Waals surface area (Å²) in [6.07, 6.45) is 2.92. The van der Waals surface area contributed by atoms with Gasteiger partial charge in [0.15, 0.2) is 5.78 Å². The number of carbonyl (C=O) groups is 2. The summed E-state index contributed by atoms with van der Waals surface area (Å²) in [5.41, 5.74) is 3.94. The van der Waals surface area contributed by atoms with Crippen molar-refractivity contribution in [3.05, 3.63) is 69.3 Å². The van der Waals surface area contributed by atoms with Crippen molar-refractivity contribution in [3.8, 4) is 0 Å². The standard InChI is InChI=1S/C22H23N3O2S/c1-13-18(21(27)25-17-6-4-5-8-23-17)19(14-7-9-28-12-14)20-15(24-13)10-22(2,3)11-16(20)26/h4-9,12,19,24H,10-11H2,1-3H3,(H,23,25,27). The number of thiophene rings is 1. The number of nitrogens with one attached hydrogen (secondary N) is 2. The second-order valence-electron chi connectivity index (χ2n) is 8.16. The maximum Gasteiger partial charge on any atom is 0.255 e. The van der Waals surface area contributed by atoms with Gasteiger partial charge >= 0.3 is 0 Å². The molecule has 0 aromatic carbocycles. The van der Waals surface area contributed by atoms with E-state index in [1.807, 2.05) is 29.8 Å². The van der Waals surface area contributed by atoms with Crippen molar-refractivity contribution < 1.29 is 9.59 Å². The molecule has 4 rings (SSSR count). The van der Waals surface area contributed by atoms with Crippen LogP contribution in [0.25, 0.3) is 0 Å². The Balaban J connectivity index is 1.78. The fourth-order valence-electron chi connectivity index (χ4n) is 4.13. The highest BCUT2D eigenvalue weighted by Gasteiger charge is 2.42. The lowest BCUT2D eigenvalue weighted by Gasteiger charge is -2.39. The predicted molar refractivity (Wildman–Crippen MR) is 111 cm³/mol. The molecule has 1 aliphatic carbocycles. The average molecular weight is 394 g/mol. The van der Waals surface area contributed by atoms with Gasteiger partial charge in [-0.2, -0.15) is 11.3 Å². The van der Waals surface area contributed by atoms with Crippen molar-refractivity contribution >= 4 is 28.8 Å². The number of carbonyl (C=O) groups excluding carboxylic acids is 2. The fourth-order valence-corrected chi connectivity index (χ4v) is 4.82. The molecule has 1 atom stereocenters. The third kappa shape index (κ3) is 3.40. The van der Waals surface area contributed by atoms with Crippen LogP contribution in [0, 0.1) is 5.41 Å². The summed E-state index contributed by atoms with van der Waals surface area (Å²) in [5.74, 6) is 0.0252. The molecule has 3 heterocycles. The molecule has 1 unspecified atom stereocenters. The minimum absolute atomic E-state index is 0.0872. The SMILES string of the molecule is CC1=C(C(=O)Nc2ccccn2)C(c2ccsc2)C2=C(CC(C)(C)CC2=O)N1. The summed E-state index contributed by atoms with van der Waals surface area (Å²) in [7, 11) is 0. The summed E-state index contributed by atoms with van der Waals surface area (Å²) in [4.78, 5) is 30.5. The highest BCUT2D eigenvalue weighted by Crippen LogP contribution is 2.47. The smallest absolute Gasteiger partial charge is 0.255 e. The van der Waals surface area contributed by atoms with Gasteiger partial charge in [-0.05, 0) is 53.3 Å². The number of nitrogens with zero attached hydrogens (tertiary/aromatic N) is 1. The Kier molecular flexibility index (Phi) is 4.67. The van der Waals surface area contributed by atoms with E-state index < -0.39 is 0 Å². The lowest BCUT2D eigenvalue weighted by Crippen LogP contribution is -2.39. The van der Waals surface area contributed by atoms with E-state index >= 15 is 0 Å². The van der Waals surface area contributed by atoms with Gasteiger partial charge in [-0.15, -0.1) is 0 Å². The minimum atomic E-state index is -0.352. The Bertz CT molecular complexity index is 988. The van der Waals surface area contributed by atoms with Gasteiger partial charge in [-0.1, -0.05) is 19.9 Å². The third-order valence-corrected chi connectivity index (χ3v) is 5.97. The Morgan fingerprint density at radius 1 is 1.29 bits per heavy atom. The normalized spacial score (nSPS) is 21.2. The van der Waals surface area contributed by atoms with Gasteiger partial charge in [-0.25, -0.2) is 4.98 Å². The van der Waals surface area contributed by atoms with Crippen molar-refractivity contribution in [1.29, 1.82) is 0 Å². The molecule has 0 saturated heterocycles. The highest BCUT2D eigenvalue weighted by molar-refractivity contribution is 7.08. The van der Waals surface area contributed by atoms with Gasteiger partial charge in [0.25, 0.3) is 5.91 Å². The maximum absolute atomic E-state index is 13.2. The van der Waals surface area contributed by atoms with Crippen LogP contribution in [0.15, 0.2) is 63.8 Å². The van der Waals surface area contributed by atoms with E-state index in [1.165, 1.54) is 0 Å². The van der Waals surface area contributed by atoms with Gasteiger partial charge in [0.05, 0.1) is 0 Å². The summed E-state index contributed by atoms with van der Waals surface area (Å²) in [5, 5.41) is 10.3. The van der Waals surface area contributed by atoms with E-state index in [1.54, 1.807) is 29.7 Å². The van der Waals surface area contributed by atoms with Crippen LogP contribution in [-0.2, 0) is 9.59 Å². The molecule has 2 N–H and O–H groups in total. The van der Waals surface area contributed by atoms with E-state index in [4.69, 9.17) is 0 Å². The van der Waals surface area contributed by atoms with E-state index in [0.29, 0.717) is 17.8 Å². The molecule has 1 aliphatic heterocycles. The molecule has 144 valence electrons. The molecule has 2 aromatic heterocycles. The van der Waals surface area contributed by atoms with Crippen LogP contribution in [-0.4, -0.2) is 16.7 Å². The molecule has 0 radical (unpaired) electrons. The first kappa shape index (κ1) is 18.6. The Morgan fingerprint density at radius 2 is 2.11 bits per heavy atom. The van der Waals surface area contributed by atoms with Crippen LogP contribution in [0.2, 0.25) is 0 Å². The number of ketones is 1. The fraction of sp³-hybridized carbons (Fsp3) is 0.318. The molecule has 2 aliphatic rings. The largest absolute Gasteiger partial charge is 0.362 e. The van der Waals surface area contributed by atoms with Crippen molar-refractivity contribution in [1.82, 2.24) is 10.3 Å². The summed E-state index contributed by atoms with van der Waals surface area (Å²) >= 11 is 1.57. The number of dihydropyridines is 1. The monoisotopic (exact) mass is 393 g/mol. The second-order valence-corrected chi connectivity index (χ2v) is 8.94. The van der Waals surface area contributed by atoms with Crippen molar-refractivity contribution in [2.24, 2.45) is 5.41 Å². The quantitative estimate of drug-likeness (QED) is 0.811. The van der Waals surface area contributed by atoms with E-state index in [9.17, 15) is 9.59 Å². The molecule has 0 saturated carbocycles.